The van der Waals surface area contributed by atoms with Crippen LogP contribution in [0.15, 0.2) is 78.9 Å². The molecular formula is C35H33F2N2NaO7. The van der Waals surface area contributed by atoms with Crippen LogP contribution in [0.1, 0.15) is 59.3 Å². The van der Waals surface area contributed by atoms with Gasteiger partial charge in [-0.15, -0.1) is 0 Å². The Balaban J connectivity index is 0.00000600. The summed E-state index contributed by atoms with van der Waals surface area (Å²) in [6.45, 7) is 3.66. The number of carbonyl (C=O) groups is 3. The van der Waals surface area contributed by atoms with Gasteiger partial charge in [-0.25, -0.2) is 13.6 Å². The van der Waals surface area contributed by atoms with Crippen LogP contribution in [0.5, 0.6) is 0 Å². The van der Waals surface area contributed by atoms with Crippen molar-refractivity contribution in [2.75, 3.05) is 12.4 Å². The largest absolute Gasteiger partial charge is 1.00 e. The van der Waals surface area contributed by atoms with Crippen LogP contribution in [0.25, 0.3) is 28.3 Å². The smallest absolute Gasteiger partial charge is 0.550 e. The fourth-order valence-corrected chi connectivity index (χ4v) is 5.20. The number of esters is 1. The predicted molar refractivity (Wildman–Crippen MR) is 167 cm³/mol. The van der Waals surface area contributed by atoms with E-state index in [2.05, 4.69) is 5.32 Å². The second kappa shape index (κ2) is 16.6. The van der Waals surface area contributed by atoms with Crippen LogP contribution < -0.4 is 40.0 Å². The molecule has 1 aromatic heterocycles. The minimum absolute atomic E-state index is 0. The van der Waals surface area contributed by atoms with Crippen molar-refractivity contribution in [1.29, 1.82) is 0 Å². The molecule has 3 aromatic carbocycles. The van der Waals surface area contributed by atoms with Crippen molar-refractivity contribution in [3.05, 3.63) is 107 Å². The van der Waals surface area contributed by atoms with Gasteiger partial charge in [0.2, 0.25) is 0 Å². The van der Waals surface area contributed by atoms with E-state index in [0.29, 0.717) is 33.6 Å². The normalized spacial score (nSPS) is 12.4. The van der Waals surface area contributed by atoms with Gasteiger partial charge in [0.25, 0.3) is 5.91 Å². The summed E-state index contributed by atoms with van der Waals surface area (Å²) in [5.74, 6) is -3.63. The number of hydrogen-bond donors (Lipinski definition) is 3. The zero-order valence-corrected chi connectivity index (χ0v) is 28.4. The average Bonchev–Trinajstić information content (AvgIpc) is 3.35. The second-order valence-corrected chi connectivity index (χ2v) is 10.9. The standard InChI is InChI=1S/C35H34F2N2O7.Na/c1-20(2)39-29(16-15-27(40)18-28(41)19-30(42)43)31(21-7-11-24(36)12-8-21)32(22-9-13-25(37)14-10-22)33(39)34(44)38-26-6-4-5-23(17-26)35(45)46-3;/h4-17,20,27-28,40-41H,18-19H2,1-3H3,(H,38,44)(H,42,43);/q;+1/p-1/b16-15+;/t27-,28-;/m1./s1. The summed E-state index contributed by atoms with van der Waals surface area (Å²) in [7, 11) is 1.24. The third kappa shape index (κ3) is 9.24. The number of rotatable bonds is 12. The van der Waals surface area contributed by atoms with Gasteiger partial charge < -0.3 is 34.7 Å². The van der Waals surface area contributed by atoms with Gasteiger partial charge in [0.1, 0.15) is 17.3 Å². The fraction of sp³-hybridized carbons (Fsp3) is 0.229. The minimum Gasteiger partial charge on any atom is -0.550 e. The number of aliphatic hydroxyl groups excluding tert-OH is 2. The van der Waals surface area contributed by atoms with Crippen LogP contribution in [0.3, 0.4) is 0 Å². The van der Waals surface area contributed by atoms with Crippen molar-refractivity contribution in [3.8, 4) is 22.3 Å². The molecule has 4 rings (SSSR count). The number of hydrogen-bond acceptors (Lipinski definition) is 7. The molecule has 0 bridgehead atoms. The van der Waals surface area contributed by atoms with E-state index in [0.717, 1.165) is 0 Å². The number of benzene rings is 3. The maximum absolute atomic E-state index is 14.2. The SMILES string of the molecule is COC(=O)c1cccc(NC(=O)c2c(-c3ccc(F)cc3)c(-c3ccc(F)cc3)c(/C=C/[C@@H](O)C[C@@H](O)CC(=O)[O-])n2C(C)C)c1.[Na+]. The van der Waals surface area contributed by atoms with Crippen LogP contribution >= 0.6 is 0 Å². The summed E-state index contributed by atoms with van der Waals surface area (Å²) in [6, 6.07) is 16.9. The summed E-state index contributed by atoms with van der Waals surface area (Å²) in [6.07, 6.45) is -0.710. The summed E-state index contributed by atoms with van der Waals surface area (Å²) in [4.78, 5) is 37.3. The van der Waals surface area contributed by atoms with Crippen molar-refractivity contribution in [3.63, 3.8) is 0 Å². The maximum Gasteiger partial charge on any atom is 1.00 e. The molecule has 0 radical (unpaired) electrons. The van der Waals surface area contributed by atoms with Crippen LogP contribution in [-0.2, 0) is 9.53 Å². The fourth-order valence-electron chi connectivity index (χ4n) is 5.20. The number of halogens is 2. The Morgan fingerprint density at radius 1 is 0.936 bits per heavy atom. The molecule has 1 amide bonds. The molecule has 3 N–H and O–H groups in total. The minimum atomic E-state index is -1.47. The average molecular weight is 655 g/mol. The molecule has 9 nitrogen and oxygen atoms in total. The van der Waals surface area contributed by atoms with Crippen molar-refractivity contribution in [1.82, 2.24) is 4.57 Å². The zero-order chi connectivity index (χ0) is 33.5. The number of carbonyl (C=O) groups excluding carboxylic acids is 3. The summed E-state index contributed by atoms with van der Waals surface area (Å²) in [5.41, 5.74) is 2.90. The quantitative estimate of drug-likeness (QED) is 0.157. The number of nitrogens with zero attached hydrogens (tertiary/aromatic N) is 1. The van der Waals surface area contributed by atoms with Gasteiger partial charge in [0, 0.05) is 47.4 Å². The number of methoxy groups -OCH3 is 1. The van der Waals surface area contributed by atoms with E-state index in [1.807, 2.05) is 13.8 Å². The number of aliphatic hydroxyl groups is 2. The van der Waals surface area contributed by atoms with Crippen LogP contribution in [-0.4, -0.2) is 51.9 Å². The molecule has 2 atom stereocenters. The molecule has 0 fully saturated rings. The molecule has 0 unspecified atom stereocenters. The Morgan fingerprint density at radius 3 is 2.04 bits per heavy atom. The van der Waals surface area contributed by atoms with E-state index in [1.54, 1.807) is 16.7 Å². The molecule has 47 heavy (non-hydrogen) atoms. The van der Waals surface area contributed by atoms with Crippen molar-refractivity contribution >= 4 is 29.6 Å². The van der Waals surface area contributed by atoms with E-state index in [9.17, 15) is 38.5 Å². The Bertz CT molecular complexity index is 1750. The van der Waals surface area contributed by atoms with E-state index >= 15 is 0 Å². The van der Waals surface area contributed by atoms with Gasteiger partial charge in [0.15, 0.2) is 0 Å². The van der Waals surface area contributed by atoms with Crippen molar-refractivity contribution in [2.24, 2.45) is 0 Å². The molecule has 0 aliphatic heterocycles. The Morgan fingerprint density at radius 2 is 1.51 bits per heavy atom. The molecule has 0 saturated carbocycles. The number of carboxylic acids is 1. The van der Waals surface area contributed by atoms with Gasteiger partial charge in [-0.2, -0.15) is 0 Å². The number of carboxylic acid groups (broad SMARTS) is 1. The second-order valence-electron chi connectivity index (χ2n) is 10.9. The Labute approximate surface area is 292 Å². The molecule has 0 aliphatic carbocycles. The summed E-state index contributed by atoms with van der Waals surface area (Å²) >= 11 is 0. The van der Waals surface area contributed by atoms with E-state index < -0.39 is 48.1 Å². The molecule has 0 spiro atoms. The van der Waals surface area contributed by atoms with E-state index in [4.69, 9.17) is 4.74 Å². The van der Waals surface area contributed by atoms with Gasteiger partial charge in [-0.3, -0.25) is 4.79 Å². The monoisotopic (exact) mass is 654 g/mol. The van der Waals surface area contributed by atoms with Crippen LogP contribution in [0.2, 0.25) is 0 Å². The topological polar surface area (TPSA) is 141 Å². The Kier molecular flexibility index (Phi) is 13.2. The molecule has 4 aromatic rings. The first-order valence-corrected chi connectivity index (χ1v) is 14.4. The first-order valence-electron chi connectivity index (χ1n) is 14.4. The number of ether oxygens (including phenoxy) is 1. The van der Waals surface area contributed by atoms with Crippen molar-refractivity contribution < 1.29 is 72.8 Å². The van der Waals surface area contributed by atoms with Gasteiger partial charge >= 0.3 is 35.5 Å². The number of anilines is 1. The third-order valence-corrected chi connectivity index (χ3v) is 7.17. The zero-order valence-electron chi connectivity index (χ0n) is 26.4. The summed E-state index contributed by atoms with van der Waals surface area (Å²) < 4.78 is 34.7. The van der Waals surface area contributed by atoms with E-state index in [-0.39, 0.29) is 53.3 Å². The van der Waals surface area contributed by atoms with Gasteiger partial charge in [0.05, 0.1) is 24.9 Å². The number of nitrogens with one attached hydrogen (secondary N) is 1. The van der Waals surface area contributed by atoms with Crippen LogP contribution in [0, 0.1) is 11.6 Å². The van der Waals surface area contributed by atoms with Crippen molar-refractivity contribution in [2.45, 2.75) is 44.9 Å². The number of aromatic nitrogens is 1. The molecule has 240 valence electrons. The Hall–Kier alpha value is -4.13. The first kappa shape index (κ1) is 37.3. The molecule has 12 heteroatoms. The molecule has 0 aliphatic rings. The number of amides is 1. The van der Waals surface area contributed by atoms with E-state index in [1.165, 1.54) is 79.9 Å². The predicted octanol–water partition coefficient (Wildman–Crippen LogP) is 1.99. The molecule has 0 saturated heterocycles. The molecule has 1 heterocycles. The maximum atomic E-state index is 14.2. The third-order valence-electron chi connectivity index (χ3n) is 7.17. The van der Waals surface area contributed by atoms with Crippen LogP contribution in [0.4, 0.5) is 14.5 Å². The van der Waals surface area contributed by atoms with Gasteiger partial charge in [-0.1, -0.05) is 36.4 Å². The molecular weight excluding hydrogens is 621 g/mol. The first-order chi connectivity index (χ1) is 21.9. The van der Waals surface area contributed by atoms with Gasteiger partial charge in [-0.05, 0) is 73.5 Å². The number of aliphatic carboxylic acids is 1. The summed E-state index contributed by atoms with van der Waals surface area (Å²) in [5, 5.41) is 34.4.